The van der Waals surface area contributed by atoms with E-state index in [4.69, 9.17) is 4.74 Å². The van der Waals surface area contributed by atoms with Gasteiger partial charge in [0, 0.05) is 6.54 Å². The summed E-state index contributed by atoms with van der Waals surface area (Å²) >= 11 is 0. The van der Waals surface area contributed by atoms with Gasteiger partial charge in [-0.05, 0) is 55.0 Å². The Kier molecular flexibility index (Phi) is 5.87. The van der Waals surface area contributed by atoms with Crippen molar-refractivity contribution in [2.24, 2.45) is 5.92 Å². The fourth-order valence-electron chi connectivity index (χ4n) is 2.84. The van der Waals surface area contributed by atoms with E-state index in [2.05, 4.69) is 44.7 Å². The molecule has 3 nitrogen and oxygen atoms in total. The molecule has 2 rings (SSSR count). The lowest BCUT2D eigenvalue weighted by Crippen LogP contribution is -2.40. The van der Waals surface area contributed by atoms with Crippen LogP contribution >= 0.6 is 0 Å². The van der Waals surface area contributed by atoms with E-state index < -0.39 is 6.10 Å². The molecule has 1 aliphatic rings. The van der Waals surface area contributed by atoms with Crippen LogP contribution in [0.15, 0.2) is 24.3 Å². The van der Waals surface area contributed by atoms with Gasteiger partial charge in [0.15, 0.2) is 0 Å². The molecular weight excluding hydrogens is 274 g/mol. The summed E-state index contributed by atoms with van der Waals surface area (Å²) in [5, 5.41) is 10.1. The second-order valence-electron chi connectivity index (χ2n) is 7.72. The molecule has 1 fully saturated rings. The van der Waals surface area contributed by atoms with Crippen LogP contribution < -0.4 is 4.74 Å². The van der Waals surface area contributed by atoms with Crippen LogP contribution in [0.4, 0.5) is 0 Å². The van der Waals surface area contributed by atoms with Gasteiger partial charge in [-0.25, -0.2) is 0 Å². The molecule has 0 bridgehead atoms. The summed E-state index contributed by atoms with van der Waals surface area (Å²) in [7, 11) is 0. The van der Waals surface area contributed by atoms with Gasteiger partial charge in [0.25, 0.3) is 0 Å². The Morgan fingerprint density at radius 2 is 1.77 bits per heavy atom. The summed E-state index contributed by atoms with van der Waals surface area (Å²) in [4.78, 5) is 2.34. The van der Waals surface area contributed by atoms with Gasteiger partial charge in [-0.2, -0.15) is 0 Å². The minimum absolute atomic E-state index is 0.156. The quantitative estimate of drug-likeness (QED) is 0.904. The van der Waals surface area contributed by atoms with Crippen molar-refractivity contribution in [3.8, 4) is 5.75 Å². The molecule has 1 aliphatic heterocycles. The Balaban J connectivity index is 1.75. The minimum atomic E-state index is -0.421. The van der Waals surface area contributed by atoms with Gasteiger partial charge < -0.3 is 14.7 Å². The first-order chi connectivity index (χ1) is 10.3. The van der Waals surface area contributed by atoms with Crippen LogP contribution in [0.5, 0.6) is 5.75 Å². The number of rotatable bonds is 5. The highest BCUT2D eigenvalue weighted by Gasteiger charge is 2.18. The highest BCUT2D eigenvalue weighted by molar-refractivity contribution is 5.31. The molecule has 22 heavy (non-hydrogen) atoms. The number of hydrogen-bond donors (Lipinski definition) is 1. The van der Waals surface area contributed by atoms with Gasteiger partial charge in [0.2, 0.25) is 0 Å². The monoisotopic (exact) mass is 305 g/mol. The zero-order valence-electron chi connectivity index (χ0n) is 14.5. The van der Waals surface area contributed by atoms with Gasteiger partial charge in [-0.3, -0.25) is 0 Å². The van der Waals surface area contributed by atoms with Crippen LogP contribution in [-0.4, -0.2) is 42.4 Å². The summed E-state index contributed by atoms with van der Waals surface area (Å²) in [5.41, 5.74) is 1.45. The summed E-state index contributed by atoms with van der Waals surface area (Å²) in [6, 6.07) is 8.20. The van der Waals surface area contributed by atoms with Crippen molar-refractivity contribution in [3.63, 3.8) is 0 Å². The fraction of sp³-hybridized carbons (Fsp3) is 0.684. The van der Waals surface area contributed by atoms with Crippen molar-refractivity contribution >= 4 is 0 Å². The Labute approximate surface area is 135 Å². The third kappa shape index (κ3) is 5.29. The number of aliphatic hydroxyl groups is 1. The van der Waals surface area contributed by atoms with Crippen LogP contribution in [-0.2, 0) is 5.41 Å². The summed E-state index contributed by atoms with van der Waals surface area (Å²) in [5.74, 6) is 1.66. The van der Waals surface area contributed by atoms with Crippen molar-refractivity contribution in [2.45, 2.75) is 52.1 Å². The second-order valence-corrected chi connectivity index (χ2v) is 7.72. The molecule has 124 valence electrons. The molecule has 0 aromatic heterocycles. The lowest BCUT2D eigenvalue weighted by Gasteiger charge is -2.31. The lowest BCUT2D eigenvalue weighted by molar-refractivity contribution is 0.0563. The van der Waals surface area contributed by atoms with Gasteiger partial charge >= 0.3 is 0 Å². The highest BCUT2D eigenvalue weighted by Crippen LogP contribution is 2.24. The molecule has 1 aromatic rings. The Hall–Kier alpha value is -1.06. The van der Waals surface area contributed by atoms with Gasteiger partial charge in [-0.15, -0.1) is 0 Å². The van der Waals surface area contributed by atoms with Crippen LogP contribution in [0.2, 0.25) is 0 Å². The predicted molar refractivity (Wildman–Crippen MR) is 91.5 cm³/mol. The zero-order valence-corrected chi connectivity index (χ0v) is 14.5. The number of benzene rings is 1. The first kappa shape index (κ1) is 17.3. The van der Waals surface area contributed by atoms with Crippen molar-refractivity contribution < 1.29 is 9.84 Å². The Morgan fingerprint density at radius 3 is 2.32 bits per heavy atom. The van der Waals surface area contributed by atoms with Crippen molar-refractivity contribution in [3.05, 3.63) is 29.8 Å². The van der Waals surface area contributed by atoms with E-state index in [1.165, 1.54) is 18.4 Å². The van der Waals surface area contributed by atoms with Crippen LogP contribution in [0.25, 0.3) is 0 Å². The normalized spacial score (nSPS) is 19.1. The average molecular weight is 305 g/mol. The van der Waals surface area contributed by atoms with Gasteiger partial charge in [-0.1, -0.05) is 39.8 Å². The van der Waals surface area contributed by atoms with Crippen molar-refractivity contribution in [1.82, 2.24) is 4.90 Å². The number of ether oxygens (including phenoxy) is 1. The van der Waals surface area contributed by atoms with Gasteiger partial charge in [0.05, 0.1) is 0 Å². The maximum Gasteiger partial charge on any atom is 0.119 e. The zero-order chi connectivity index (χ0) is 16.2. The summed E-state index contributed by atoms with van der Waals surface area (Å²) < 4.78 is 5.72. The molecule has 1 saturated heterocycles. The predicted octanol–water partition coefficient (Wildman–Crippen LogP) is 3.46. The number of piperidine rings is 1. The summed E-state index contributed by atoms with van der Waals surface area (Å²) in [6.07, 6.45) is 2.06. The highest BCUT2D eigenvalue weighted by atomic mass is 16.5. The Morgan fingerprint density at radius 1 is 1.18 bits per heavy atom. The molecule has 0 radical (unpaired) electrons. The minimum Gasteiger partial charge on any atom is -0.491 e. The van der Waals surface area contributed by atoms with Crippen molar-refractivity contribution in [1.29, 1.82) is 0 Å². The van der Waals surface area contributed by atoms with Crippen LogP contribution in [0, 0.1) is 5.92 Å². The first-order valence-electron chi connectivity index (χ1n) is 8.48. The molecule has 0 aliphatic carbocycles. The third-order valence-corrected chi connectivity index (χ3v) is 4.51. The second kappa shape index (κ2) is 7.47. The molecule has 0 spiro atoms. The number of β-amino-alcohol motifs (C(OH)–C–C–N with tert-alkyl or cyclic N) is 1. The summed E-state index contributed by atoms with van der Waals surface area (Å²) in [6.45, 7) is 12.2. The molecule has 0 amide bonds. The van der Waals surface area contributed by atoms with E-state index in [9.17, 15) is 5.11 Å². The maximum atomic E-state index is 10.1. The number of aliphatic hydroxyl groups excluding tert-OH is 1. The third-order valence-electron chi connectivity index (χ3n) is 4.51. The van der Waals surface area contributed by atoms with E-state index in [1.807, 2.05) is 12.1 Å². The maximum absolute atomic E-state index is 10.1. The lowest BCUT2D eigenvalue weighted by atomic mass is 9.87. The van der Waals surface area contributed by atoms with E-state index >= 15 is 0 Å². The largest absolute Gasteiger partial charge is 0.491 e. The van der Waals surface area contributed by atoms with E-state index in [-0.39, 0.29) is 5.41 Å². The smallest absolute Gasteiger partial charge is 0.119 e. The van der Waals surface area contributed by atoms with E-state index in [0.717, 1.165) is 24.8 Å². The Bertz CT molecular complexity index is 441. The van der Waals surface area contributed by atoms with Crippen LogP contribution in [0.1, 0.15) is 46.1 Å². The van der Waals surface area contributed by atoms with Crippen LogP contribution in [0.3, 0.4) is 0 Å². The van der Waals surface area contributed by atoms with E-state index in [1.54, 1.807) is 0 Å². The first-order valence-corrected chi connectivity index (χ1v) is 8.48. The van der Waals surface area contributed by atoms with Gasteiger partial charge in [0.1, 0.15) is 18.5 Å². The number of nitrogens with zero attached hydrogens (tertiary/aromatic N) is 1. The number of likely N-dealkylation sites (tertiary alicyclic amines) is 1. The number of hydrogen-bond acceptors (Lipinski definition) is 3. The molecule has 0 saturated carbocycles. The molecule has 1 atom stereocenters. The van der Waals surface area contributed by atoms with E-state index in [0.29, 0.717) is 13.2 Å². The average Bonchev–Trinajstić information content (AvgIpc) is 2.47. The molecular formula is C19H31NO2. The van der Waals surface area contributed by atoms with Crippen molar-refractivity contribution in [2.75, 3.05) is 26.2 Å². The fourth-order valence-corrected chi connectivity index (χ4v) is 2.84. The topological polar surface area (TPSA) is 32.7 Å². The SMILES string of the molecule is CC1CCN(CC(O)COc2ccc(C(C)(C)C)cc2)CC1. The molecule has 1 aromatic carbocycles. The molecule has 1 heterocycles. The standard InChI is InChI=1S/C19H31NO2/c1-15-9-11-20(12-10-15)13-17(21)14-22-18-7-5-16(6-8-18)19(2,3)4/h5-8,15,17,21H,9-14H2,1-4H3. The molecule has 3 heteroatoms. The molecule has 1 unspecified atom stereocenters. The molecule has 1 N–H and O–H groups in total.